The minimum atomic E-state index is -0.547. The monoisotopic (exact) mass is 417 g/mol. The Bertz CT molecular complexity index is 924. The minimum Gasteiger partial charge on any atom is -0.452 e. The first-order valence-electron chi connectivity index (χ1n) is 9.05. The fourth-order valence-electron chi connectivity index (χ4n) is 3.10. The van der Waals surface area contributed by atoms with Gasteiger partial charge in [-0.2, -0.15) is 0 Å². The van der Waals surface area contributed by atoms with Gasteiger partial charge in [0.1, 0.15) is 5.69 Å². The molecule has 1 amide bonds. The van der Waals surface area contributed by atoms with Gasteiger partial charge in [-0.1, -0.05) is 29.3 Å². The average Bonchev–Trinajstić information content (AvgIpc) is 2.72. The number of esters is 1. The van der Waals surface area contributed by atoms with Gasteiger partial charge in [-0.25, -0.2) is 4.79 Å². The number of hydrogen-bond donors (Lipinski definition) is 0. The average molecular weight is 418 g/mol. The maximum atomic E-state index is 12.4. The summed E-state index contributed by atoms with van der Waals surface area (Å²) in [6.07, 6.45) is 0. The number of nitro groups is 1. The van der Waals surface area contributed by atoms with Gasteiger partial charge in [0.2, 0.25) is 0 Å². The van der Waals surface area contributed by atoms with E-state index in [-0.39, 0.29) is 18.2 Å². The van der Waals surface area contributed by atoms with E-state index < -0.39 is 10.9 Å². The highest BCUT2D eigenvalue weighted by molar-refractivity contribution is 6.30. The van der Waals surface area contributed by atoms with Crippen molar-refractivity contribution in [2.24, 2.45) is 0 Å². The zero-order valence-corrected chi connectivity index (χ0v) is 16.6. The van der Waals surface area contributed by atoms with Crippen molar-refractivity contribution in [3.63, 3.8) is 0 Å². The number of carbonyl (C=O) groups is 2. The predicted molar refractivity (Wildman–Crippen MR) is 108 cm³/mol. The van der Waals surface area contributed by atoms with Crippen molar-refractivity contribution in [1.29, 1.82) is 0 Å². The van der Waals surface area contributed by atoms with Crippen LogP contribution in [0.5, 0.6) is 0 Å². The Hall–Kier alpha value is -3.13. The summed E-state index contributed by atoms with van der Waals surface area (Å²) in [5.74, 6) is -0.843. The molecule has 152 valence electrons. The summed E-state index contributed by atoms with van der Waals surface area (Å²) in [6.45, 7) is 3.19. The maximum Gasteiger partial charge on any atom is 0.338 e. The van der Waals surface area contributed by atoms with Crippen LogP contribution in [-0.2, 0) is 9.53 Å². The summed E-state index contributed by atoms with van der Waals surface area (Å²) in [7, 11) is 0. The molecule has 29 heavy (non-hydrogen) atoms. The number of nitro benzene ring substituents is 1. The molecule has 0 unspecified atom stereocenters. The summed E-state index contributed by atoms with van der Waals surface area (Å²) in [6, 6.07) is 11.4. The predicted octanol–water partition coefficient (Wildman–Crippen LogP) is 3.06. The highest BCUT2D eigenvalue weighted by Gasteiger charge is 2.26. The molecular formula is C20H20ClN3O5. The van der Waals surface area contributed by atoms with E-state index in [1.165, 1.54) is 6.07 Å². The van der Waals surface area contributed by atoms with Crippen LogP contribution in [0.1, 0.15) is 15.9 Å². The van der Waals surface area contributed by atoms with Crippen LogP contribution in [0.15, 0.2) is 42.5 Å². The van der Waals surface area contributed by atoms with Gasteiger partial charge in [0.05, 0.1) is 10.5 Å². The third-order valence-electron chi connectivity index (χ3n) is 4.72. The third-order valence-corrected chi connectivity index (χ3v) is 4.96. The SMILES string of the molecule is Cc1ccc(C(=O)OCC(=O)N2CCN(c3ccc(Cl)cc3[N+](=O)[O-])CC2)cc1. The topological polar surface area (TPSA) is 93.0 Å². The van der Waals surface area contributed by atoms with Crippen molar-refractivity contribution < 1.29 is 19.2 Å². The molecule has 1 saturated heterocycles. The van der Waals surface area contributed by atoms with E-state index in [1.807, 2.05) is 11.8 Å². The smallest absolute Gasteiger partial charge is 0.338 e. The first-order chi connectivity index (χ1) is 13.8. The van der Waals surface area contributed by atoms with Gasteiger partial charge in [-0.05, 0) is 31.2 Å². The molecule has 1 fully saturated rings. The van der Waals surface area contributed by atoms with Crippen LogP contribution in [0.2, 0.25) is 5.02 Å². The number of carbonyl (C=O) groups excluding carboxylic acids is 2. The molecule has 0 radical (unpaired) electrons. The molecule has 0 aromatic heterocycles. The van der Waals surface area contributed by atoms with Crippen LogP contribution < -0.4 is 4.90 Å². The Labute approximate surface area is 172 Å². The molecule has 0 bridgehead atoms. The molecule has 0 aliphatic carbocycles. The zero-order valence-electron chi connectivity index (χ0n) is 15.8. The molecule has 2 aromatic rings. The number of benzene rings is 2. The Morgan fingerprint density at radius 2 is 1.76 bits per heavy atom. The lowest BCUT2D eigenvalue weighted by Gasteiger charge is -2.35. The van der Waals surface area contributed by atoms with E-state index in [0.29, 0.717) is 42.5 Å². The lowest BCUT2D eigenvalue weighted by molar-refractivity contribution is -0.384. The first kappa shape index (κ1) is 20.6. The van der Waals surface area contributed by atoms with Crippen molar-refractivity contribution in [1.82, 2.24) is 4.90 Å². The molecule has 2 aromatic carbocycles. The van der Waals surface area contributed by atoms with E-state index in [9.17, 15) is 19.7 Å². The van der Waals surface area contributed by atoms with Gasteiger partial charge >= 0.3 is 5.97 Å². The number of anilines is 1. The number of nitrogens with zero attached hydrogens (tertiary/aromatic N) is 3. The quantitative estimate of drug-likeness (QED) is 0.421. The van der Waals surface area contributed by atoms with Gasteiger partial charge in [0.15, 0.2) is 6.61 Å². The normalized spacial score (nSPS) is 13.9. The molecule has 0 N–H and O–H groups in total. The number of halogens is 1. The summed E-state index contributed by atoms with van der Waals surface area (Å²) < 4.78 is 5.11. The lowest BCUT2D eigenvalue weighted by atomic mass is 10.1. The standard InChI is InChI=1S/C20H20ClN3O5/c1-14-2-4-15(5-3-14)20(26)29-13-19(25)23-10-8-22(9-11-23)17-7-6-16(21)12-18(17)24(27)28/h2-7,12H,8-11,13H2,1H3. The molecule has 0 saturated carbocycles. The number of aryl methyl sites for hydroxylation is 1. The Kier molecular flexibility index (Phi) is 6.33. The summed E-state index contributed by atoms with van der Waals surface area (Å²) >= 11 is 5.86. The van der Waals surface area contributed by atoms with Crippen molar-refractivity contribution >= 4 is 34.9 Å². The Morgan fingerprint density at radius 1 is 1.10 bits per heavy atom. The third kappa shape index (κ3) is 5.03. The molecule has 1 aliphatic heterocycles. The van der Waals surface area contributed by atoms with Gasteiger partial charge < -0.3 is 14.5 Å². The van der Waals surface area contributed by atoms with Crippen LogP contribution in [0.25, 0.3) is 0 Å². The number of ether oxygens (including phenoxy) is 1. The lowest BCUT2D eigenvalue weighted by Crippen LogP contribution is -2.50. The van der Waals surface area contributed by atoms with E-state index in [1.54, 1.807) is 41.3 Å². The largest absolute Gasteiger partial charge is 0.452 e. The molecule has 0 spiro atoms. The highest BCUT2D eigenvalue weighted by Crippen LogP contribution is 2.31. The van der Waals surface area contributed by atoms with E-state index in [0.717, 1.165) is 5.56 Å². The van der Waals surface area contributed by atoms with Crippen LogP contribution in [0, 0.1) is 17.0 Å². The van der Waals surface area contributed by atoms with Crippen molar-refractivity contribution in [3.8, 4) is 0 Å². The minimum absolute atomic E-state index is 0.0655. The Morgan fingerprint density at radius 3 is 2.38 bits per heavy atom. The molecule has 3 rings (SSSR count). The van der Waals surface area contributed by atoms with Gasteiger partial charge in [-0.3, -0.25) is 14.9 Å². The van der Waals surface area contributed by atoms with Crippen molar-refractivity contribution in [2.45, 2.75) is 6.92 Å². The second-order valence-corrected chi connectivity index (χ2v) is 7.14. The zero-order chi connectivity index (χ0) is 21.0. The molecule has 9 heteroatoms. The number of piperazine rings is 1. The summed E-state index contributed by atoms with van der Waals surface area (Å²) in [5, 5.41) is 11.6. The highest BCUT2D eigenvalue weighted by atomic mass is 35.5. The number of amides is 1. The molecule has 8 nitrogen and oxygen atoms in total. The van der Waals surface area contributed by atoms with Crippen LogP contribution in [0.3, 0.4) is 0 Å². The first-order valence-corrected chi connectivity index (χ1v) is 9.43. The molecule has 1 aliphatic rings. The number of hydrogen-bond acceptors (Lipinski definition) is 6. The summed E-state index contributed by atoms with van der Waals surface area (Å²) in [5.41, 5.74) is 1.82. The fraction of sp³-hybridized carbons (Fsp3) is 0.300. The van der Waals surface area contributed by atoms with Gasteiger partial charge in [0, 0.05) is 37.3 Å². The van der Waals surface area contributed by atoms with Crippen molar-refractivity contribution in [3.05, 3.63) is 68.7 Å². The summed E-state index contributed by atoms with van der Waals surface area (Å²) in [4.78, 5) is 38.6. The molecule has 1 heterocycles. The van der Waals surface area contributed by atoms with E-state index >= 15 is 0 Å². The van der Waals surface area contributed by atoms with E-state index in [4.69, 9.17) is 16.3 Å². The van der Waals surface area contributed by atoms with E-state index in [2.05, 4.69) is 0 Å². The fourth-order valence-corrected chi connectivity index (χ4v) is 3.26. The second-order valence-electron chi connectivity index (χ2n) is 6.70. The van der Waals surface area contributed by atoms with Crippen LogP contribution in [-0.4, -0.2) is 54.5 Å². The Balaban J connectivity index is 1.54. The van der Waals surface area contributed by atoms with Crippen LogP contribution >= 0.6 is 11.6 Å². The van der Waals surface area contributed by atoms with Gasteiger partial charge in [-0.15, -0.1) is 0 Å². The van der Waals surface area contributed by atoms with Crippen LogP contribution in [0.4, 0.5) is 11.4 Å². The molecule has 0 atom stereocenters. The molecular weight excluding hydrogens is 398 g/mol. The van der Waals surface area contributed by atoms with Gasteiger partial charge in [0.25, 0.3) is 11.6 Å². The maximum absolute atomic E-state index is 12.4. The second kappa shape index (κ2) is 8.91. The van der Waals surface area contributed by atoms with Crippen molar-refractivity contribution in [2.75, 3.05) is 37.7 Å². The number of rotatable bonds is 5.